The summed E-state index contributed by atoms with van der Waals surface area (Å²) in [4.78, 5) is 0. The predicted molar refractivity (Wildman–Crippen MR) is 102 cm³/mol. The molecule has 0 atom stereocenters. The maximum absolute atomic E-state index is 5.43. The van der Waals surface area contributed by atoms with E-state index in [0.717, 1.165) is 26.7 Å². The first-order valence-corrected chi connectivity index (χ1v) is 9.38. The van der Waals surface area contributed by atoms with Crippen molar-refractivity contribution in [3.05, 3.63) is 59.2 Å². The van der Waals surface area contributed by atoms with Crippen LogP contribution < -0.4 is 10.1 Å². The molecule has 4 nitrogen and oxygen atoms in total. The summed E-state index contributed by atoms with van der Waals surface area (Å²) in [5.41, 5.74) is 4.64. The SMILES string of the molecule is COc1ccc(C)cc1CSc1nnc(Nc2cccc(C)c2)s1. The van der Waals surface area contributed by atoms with Crippen LogP contribution >= 0.6 is 23.1 Å². The van der Waals surface area contributed by atoms with Crippen LogP contribution in [0.5, 0.6) is 5.75 Å². The Labute approximate surface area is 150 Å². The van der Waals surface area contributed by atoms with Gasteiger partial charge >= 0.3 is 0 Å². The van der Waals surface area contributed by atoms with Crippen molar-refractivity contribution >= 4 is 33.9 Å². The average Bonchev–Trinajstić information content (AvgIpc) is 3.00. The molecular weight excluding hydrogens is 338 g/mol. The minimum Gasteiger partial charge on any atom is -0.496 e. The van der Waals surface area contributed by atoms with Gasteiger partial charge in [-0.3, -0.25) is 0 Å². The van der Waals surface area contributed by atoms with Crippen LogP contribution in [-0.4, -0.2) is 17.3 Å². The smallest absolute Gasteiger partial charge is 0.210 e. The van der Waals surface area contributed by atoms with Crippen LogP contribution in [0.2, 0.25) is 0 Å². The van der Waals surface area contributed by atoms with Crippen molar-refractivity contribution < 1.29 is 4.74 Å². The third-order valence-corrected chi connectivity index (χ3v) is 5.48. The molecule has 1 heterocycles. The van der Waals surface area contributed by atoms with Crippen LogP contribution in [0.4, 0.5) is 10.8 Å². The lowest BCUT2D eigenvalue weighted by Crippen LogP contribution is -1.91. The van der Waals surface area contributed by atoms with Crippen LogP contribution in [0.1, 0.15) is 16.7 Å². The predicted octanol–water partition coefficient (Wildman–Crippen LogP) is 5.20. The fraction of sp³-hybridized carbons (Fsp3) is 0.222. The summed E-state index contributed by atoms with van der Waals surface area (Å²) in [5.74, 6) is 1.72. The van der Waals surface area contributed by atoms with Crippen molar-refractivity contribution in [1.29, 1.82) is 0 Å². The molecule has 0 fully saturated rings. The highest BCUT2D eigenvalue weighted by molar-refractivity contribution is 8.00. The van der Waals surface area contributed by atoms with Gasteiger partial charge in [0, 0.05) is 17.0 Å². The van der Waals surface area contributed by atoms with E-state index in [9.17, 15) is 0 Å². The number of methoxy groups -OCH3 is 1. The maximum Gasteiger partial charge on any atom is 0.210 e. The Morgan fingerprint density at radius 1 is 1.08 bits per heavy atom. The number of anilines is 2. The molecule has 0 aliphatic heterocycles. The summed E-state index contributed by atoms with van der Waals surface area (Å²) in [6, 6.07) is 14.4. The molecule has 0 saturated heterocycles. The molecular formula is C18H19N3OS2. The lowest BCUT2D eigenvalue weighted by atomic mass is 10.1. The van der Waals surface area contributed by atoms with E-state index in [1.165, 1.54) is 16.7 Å². The van der Waals surface area contributed by atoms with Gasteiger partial charge in [0.25, 0.3) is 0 Å². The van der Waals surface area contributed by atoms with Crippen molar-refractivity contribution in [2.75, 3.05) is 12.4 Å². The summed E-state index contributed by atoms with van der Waals surface area (Å²) in [5, 5.41) is 12.6. The fourth-order valence-corrected chi connectivity index (χ4v) is 4.07. The number of nitrogens with zero attached hydrogens (tertiary/aromatic N) is 2. The van der Waals surface area contributed by atoms with Crippen molar-refractivity contribution in [3.63, 3.8) is 0 Å². The van der Waals surface area contributed by atoms with Gasteiger partial charge in [-0.05, 0) is 37.6 Å². The highest BCUT2D eigenvalue weighted by atomic mass is 32.2. The largest absolute Gasteiger partial charge is 0.496 e. The normalized spacial score (nSPS) is 10.6. The molecule has 3 aromatic rings. The number of aryl methyl sites for hydroxylation is 2. The van der Waals surface area contributed by atoms with E-state index < -0.39 is 0 Å². The number of aromatic nitrogens is 2. The van der Waals surface area contributed by atoms with Crippen LogP contribution in [0.3, 0.4) is 0 Å². The van der Waals surface area contributed by atoms with Crippen molar-refractivity contribution in [2.24, 2.45) is 0 Å². The van der Waals surface area contributed by atoms with Gasteiger partial charge in [-0.15, -0.1) is 10.2 Å². The number of hydrogen-bond acceptors (Lipinski definition) is 6. The molecule has 1 aromatic heterocycles. The Balaban J connectivity index is 1.65. The van der Waals surface area contributed by atoms with Crippen molar-refractivity contribution in [1.82, 2.24) is 10.2 Å². The fourth-order valence-electron chi connectivity index (χ4n) is 2.32. The summed E-state index contributed by atoms with van der Waals surface area (Å²) in [6.45, 7) is 4.16. The molecule has 0 unspecified atom stereocenters. The first kappa shape index (κ1) is 16.8. The molecule has 0 aliphatic rings. The molecule has 0 aliphatic carbocycles. The number of hydrogen-bond donors (Lipinski definition) is 1. The second-order valence-electron chi connectivity index (χ2n) is 5.47. The van der Waals surface area contributed by atoms with E-state index in [-0.39, 0.29) is 0 Å². The van der Waals surface area contributed by atoms with Gasteiger partial charge in [0.15, 0.2) is 4.34 Å². The molecule has 3 rings (SSSR count). The molecule has 0 radical (unpaired) electrons. The zero-order chi connectivity index (χ0) is 16.9. The molecule has 0 spiro atoms. The Morgan fingerprint density at radius 2 is 1.92 bits per heavy atom. The average molecular weight is 358 g/mol. The van der Waals surface area contributed by atoms with Crippen LogP contribution in [0.15, 0.2) is 46.8 Å². The molecule has 6 heteroatoms. The number of benzene rings is 2. The van der Waals surface area contributed by atoms with Crippen molar-refractivity contribution in [2.45, 2.75) is 23.9 Å². The standard InChI is InChI=1S/C18H19N3OS2/c1-12-5-4-6-15(10-12)19-17-20-21-18(24-17)23-11-14-9-13(2)7-8-16(14)22-3/h4-10H,11H2,1-3H3,(H,19,20). The molecule has 2 aromatic carbocycles. The third-order valence-electron chi connectivity index (χ3n) is 3.46. The molecule has 24 heavy (non-hydrogen) atoms. The van der Waals surface area contributed by atoms with Gasteiger partial charge < -0.3 is 10.1 Å². The van der Waals surface area contributed by atoms with E-state index >= 15 is 0 Å². The lowest BCUT2D eigenvalue weighted by Gasteiger charge is -2.08. The van der Waals surface area contributed by atoms with Gasteiger partial charge in [0.2, 0.25) is 5.13 Å². The van der Waals surface area contributed by atoms with Crippen molar-refractivity contribution in [3.8, 4) is 5.75 Å². The lowest BCUT2D eigenvalue weighted by molar-refractivity contribution is 0.411. The molecule has 0 amide bonds. The minimum atomic E-state index is 0.805. The number of thioether (sulfide) groups is 1. The Kier molecular flexibility index (Phi) is 5.37. The summed E-state index contributed by atoms with van der Waals surface area (Å²) < 4.78 is 6.36. The number of nitrogens with one attached hydrogen (secondary N) is 1. The second-order valence-corrected chi connectivity index (χ2v) is 7.67. The number of ether oxygens (including phenoxy) is 1. The van der Waals surface area contributed by atoms with E-state index in [0.29, 0.717) is 0 Å². The zero-order valence-corrected chi connectivity index (χ0v) is 15.5. The van der Waals surface area contributed by atoms with Crippen LogP contribution in [0.25, 0.3) is 0 Å². The van der Waals surface area contributed by atoms with Crippen LogP contribution in [0, 0.1) is 13.8 Å². The second kappa shape index (κ2) is 7.68. The van der Waals surface area contributed by atoms with E-state index in [4.69, 9.17) is 4.74 Å². The van der Waals surface area contributed by atoms with Gasteiger partial charge in [-0.25, -0.2) is 0 Å². The maximum atomic E-state index is 5.43. The van der Waals surface area contributed by atoms with E-state index in [1.807, 2.05) is 18.2 Å². The highest BCUT2D eigenvalue weighted by Gasteiger charge is 2.08. The zero-order valence-electron chi connectivity index (χ0n) is 13.9. The topological polar surface area (TPSA) is 47.0 Å². The number of rotatable bonds is 6. The Morgan fingerprint density at radius 3 is 2.71 bits per heavy atom. The molecule has 124 valence electrons. The van der Waals surface area contributed by atoms with Gasteiger partial charge in [0.1, 0.15) is 5.75 Å². The Hall–Kier alpha value is -2.05. The third kappa shape index (κ3) is 4.27. The van der Waals surface area contributed by atoms with E-state index in [2.05, 4.69) is 53.6 Å². The summed E-state index contributed by atoms with van der Waals surface area (Å²) in [6.07, 6.45) is 0. The quantitative estimate of drug-likeness (QED) is 0.614. The molecule has 0 bridgehead atoms. The highest BCUT2D eigenvalue weighted by Crippen LogP contribution is 2.32. The first-order valence-electron chi connectivity index (χ1n) is 7.57. The molecule has 1 N–H and O–H groups in total. The van der Waals surface area contributed by atoms with Gasteiger partial charge in [-0.1, -0.05) is 52.9 Å². The minimum absolute atomic E-state index is 0.805. The summed E-state index contributed by atoms with van der Waals surface area (Å²) in [7, 11) is 1.70. The van der Waals surface area contributed by atoms with Gasteiger partial charge in [-0.2, -0.15) is 0 Å². The van der Waals surface area contributed by atoms with Gasteiger partial charge in [0.05, 0.1) is 7.11 Å². The first-order chi connectivity index (χ1) is 11.6. The Bertz CT molecular complexity index is 833. The van der Waals surface area contributed by atoms with Crippen LogP contribution in [-0.2, 0) is 5.75 Å². The van der Waals surface area contributed by atoms with E-state index in [1.54, 1.807) is 30.2 Å². The monoisotopic (exact) mass is 357 g/mol. The molecule has 0 saturated carbocycles. The summed E-state index contributed by atoms with van der Waals surface area (Å²) >= 11 is 3.23.